The first-order valence-corrected chi connectivity index (χ1v) is 10.1. The number of imidazole rings is 1. The van der Waals surface area contributed by atoms with Crippen molar-refractivity contribution in [3.05, 3.63) is 83.7 Å². The number of aromatic amines is 1. The Morgan fingerprint density at radius 3 is 2.41 bits per heavy atom. The van der Waals surface area contributed by atoms with Crippen LogP contribution in [0.25, 0.3) is 11.3 Å². The summed E-state index contributed by atoms with van der Waals surface area (Å²) in [5.41, 5.74) is 3.75. The Morgan fingerprint density at radius 2 is 1.76 bits per heavy atom. The first-order valence-electron chi connectivity index (χ1n) is 9.18. The Kier molecular flexibility index (Phi) is 5.48. The Morgan fingerprint density at radius 1 is 1.07 bits per heavy atom. The number of aromatic nitrogens is 3. The minimum Gasteiger partial charge on any atom is -0.360 e. The highest BCUT2D eigenvalue weighted by molar-refractivity contribution is 8.00. The van der Waals surface area contributed by atoms with Crippen molar-refractivity contribution in [3.63, 3.8) is 0 Å². The molecule has 0 saturated heterocycles. The maximum absolute atomic E-state index is 13.0. The van der Waals surface area contributed by atoms with Crippen LogP contribution in [0.1, 0.15) is 22.3 Å². The predicted molar refractivity (Wildman–Crippen MR) is 114 cm³/mol. The lowest BCUT2D eigenvalue weighted by atomic mass is 10.1. The minimum atomic E-state index is -0.498. The van der Waals surface area contributed by atoms with Crippen LogP contribution in [0.4, 0.5) is 5.82 Å². The number of nitrogens with zero attached hydrogens (tertiary/aromatic N) is 2. The van der Waals surface area contributed by atoms with Crippen LogP contribution < -0.4 is 5.32 Å². The topological polar surface area (TPSA) is 83.8 Å². The number of amides is 1. The highest BCUT2D eigenvalue weighted by atomic mass is 32.2. The zero-order chi connectivity index (χ0) is 20.2. The van der Waals surface area contributed by atoms with Gasteiger partial charge in [-0.15, -0.1) is 0 Å². The van der Waals surface area contributed by atoms with Gasteiger partial charge in [0, 0.05) is 17.3 Å². The van der Waals surface area contributed by atoms with E-state index in [-0.39, 0.29) is 5.91 Å². The second-order valence-electron chi connectivity index (χ2n) is 6.60. The second kappa shape index (κ2) is 8.36. The van der Waals surface area contributed by atoms with Crippen molar-refractivity contribution in [3.8, 4) is 11.3 Å². The average Bonchev–Trinajstić information content (AvgIpc) is 3.32. The van der Waals surface area contributed by atoms with Gasteiger partial charge in [0.15, 0.2) is 11.0 Å². The van der Waals surface area contributed by atoms with Gasteiger partial charge >= 0.3 is 0 Å². The lowest BCUT2D eigenvalue weighted by molar-refractivity contribution is -0.115. The molecule has 2 heterocycles. The third-order valence-electron chi connectivity index (χ3n) is 4.36. The van der Waals surface area contributed by atoms with Crippen LogP contribution in [0, 0.1) is 13.8 Å². The van der Waals surface area contributed by atoms with Crippen LogP contribution in [0.3, 0.4) is 0 Å². The fourth-order valence-electron chi connectivity index (χ4n) is 3.00. The van der Waals surface area contributed by atoms with E-state index < -0.39 is 5.25 Å². The zero-order valence-electron chi connectivity index (χ0n) is 16.0. The van der Waals surface area contributed by atoms with E-state index in [9.17, 15) is 4.79 Å². The van der Waals surface area contributed by atoms with Crippen molar-refractivity contribution in [2.24, 2.45) is 0 Å². The van der Waals surface area contributed by atoms with Gasteiger partial charge in [-0.1, -0.05) is 77.6 Å². The number of aryl methyl sites for hydroxylation is 2. The molecule has 2 aromatic carbocycles. The van der Waals surface area contributed by atoms with Crippen LogP contribution in [0.2, 0.25) is 0 Å². The Balaban J connectivity index is 1.61. The van der Waals surface area contributed by atoms with E-state index in [0.29, 0.717) is 16.7 Å². The molecular formula is C22H20N4O2S. The molecule has 0 bridgehead atoms. The summed E-state index contributed by atoms with van der Waals surface area (Å²) in [6.07, 6.45) is 0. The summed E-state index contributed by atoms with van der Waals surface area (Å²) in [6.45, 7) is 3.76. The van der Waals surface area contributed by atoms with Gasteiger partial charge in [-0.25, -0.2) is 4.98 Å². The van der Waals surface area contributed by atoms with Gasteiger partial charge in [-0.3, -0.25) is 4.79 Å². The Labute approximate surface area is 172 Å². The molecule has 4 rings (SSSR count). The average molecular weight is 404 g/mol. The van der Waals surface area contributed by atoms with Gasteiger partial charge in [-0.05, 0) is 19.4 Å². The zero-order valence-corrected chi connectivity index (χ0v) is 16.9. The van der Waals surface area contributed by atoms with Gasteiger partial charge in [0.2, 0.25) is 5.91 Å². The molecule has 1 atom stereocenters. The maximum Gasteiger partial charge on any atom is 0.243 e. The van der Waals surface area contributed by atoms with E-state index in [0.717, 1.165) is 22.5 Å². The molecule has 29 heavy (non-hydrogen) atoms. The predicted octanol–water partition coefficient (Wildman–Crippen LogP) is 5.15. The molecule has 0 unspecified atom stereocenters. The SMILES string of the molecule is Cc1cc(NC(=O)[C@H](Sc2nc(-c3ccccc3)c(C)[nH]2)c2ccccc2)no1. The van der Waals surface area contributed by atoms with Gasteiger partial charge in [0.25, 0.3) is 0 Å². The lowest BCUT2D eigenvalue weighted by Crippen LogP contribution is -2.19. The van der Waals surface area contributed by atoms with Crippen LogP contribution in [-0.2, 0) is 4.79 Å². The second-order valence-corrected chi connectivity index (χ2v) is 7.70. The number of carbonyl (C=O) groups excluding carboxylic acids is 1. The quantitative estimate of drug-likeness (QED) is 0.434. The number of benzene rings is 2. The van der Waals surface area contributed by atoms with Gasteiger partial charge < -0.3 is 14.8 Å². The van der Waals surface area contributed by atoms with Crippen molar-refractivity contribution in [2.75, 3.05) is 5.32 Å². The Hall–Kier alpha value is -3.32. The molecule has 2 N–H and O–H groups in total. The van der Waals surface area contributed by atoms with Crippen LogP contribution in [-0.4, -0.2) is 21.0 Å². The molecule has 0 fully saturated rings. The molecule has 0 aliphatic rings. The highest BCUT2D eigenvalue weighted by Crippen LogP contribution is 2.36. The van der Waals surface area contributed by atoms with E-state index in [4.69, 9.17) is 9.51 Å². The number of anilines is 1. The number of thioether (sulfide) groups is 1. The normalized spacial score (nSPS) is 11.9. The number of hydrogen-bond acceptors (Lipinski definition) is 5. The van der Waals surface area contributed by atoms with Gasteiger partial charge in [-0.2, -0.15) is 0 Å². The summed E-state index contributed by atoms with van der Waals surface area (Å²) in [5.74, 6) is 0.845. The van der Waals surface area contributed by atoms with E-state index >= 15 is 0 Å². The first kappa shape index (κ1) is 19.0. The molecule has 0 aliphatic heterocycles. The largest absolute Gasteiger partial charge is 0.360 e. The maximum atomic E-state index is 13.0. The molecular weight excluding hydrogens is 384 g/mol. The molecule has 6 nitrogen and oxygen atoms in total. The third-order valence-corrected chi connectivity index (χ3v) is 5.50. The highest BCUT2D eigenvalue weighted by Gasteiger charge is 2.25. The summed E-state index contributed by atoms with van der Waals surface area (Å²) < 4.78 is 5.05. The van der Waals surface area contributed by atoms with Gasteiger partial charge in [0.1, 0.15) is 11.0 Å². The monoisotopic (exact) mass is 404 g/mol. The number of carbonyl (C=O) groups is 1. The van der Waals surface area contributed by atoms with Crippen LogP contribution >= 0.6 is 11.8 Å². The van der Waals surface area contributed by atoms with E-state index in [1.165, 1.54) is 11.8 Å². The van der Waals surface area contributed by atoms with E-state index in [1.54, 1.807) is 13.0 Å². The lowest BCUT2D eigenvalue weighted by Gasteiger charge is -2.14. The van der Waals surface area contributed by atoms with Crippen LogP contribution in [0.5, 0.6) is 0 Å². The summed E-state index contributed by atoms with van der Waals surface area (Å²) in [7, 11) is 0. The smallest absolute Gasteiger partial charge is 0.243 e. The molecule has 0 spiro atoms. The number of hydrogen-bond donors (Lipinski definition) is 2. The standard InChI is InChI=1S/C22H20N4O2S/c1-14-13-18(26-28-14)24-21(27)20(17-11-7-4-8-12-17)29-22-23-15(2)19(25-22)16-9-5-3-6-10-16/h3-13,20H,1-2H3,(H,23,25)(H,24,26,27)/t20-/m1/s1. The number of H-pyrrole nitrogens is 1. The Bertz CT molecular complexity index is 1110. The molecule has 0 saturated carbocycles. The van der Waals surface area contributed by atoms with E-state index in [1.807, 2.05) is 67.6 Å². The van der Waals surface area contributed by atoms with Crippen LogP contribution in [0.15, 0.2) is 76.4 Å². The fourth-order valence-corrected chi connectivity index (χ4v) is 4.03. The van der Waals surface area contributed by atoms with E-state index in [2.05, 4.69) is 15.5 Å². The van der Waals surface area contributed by atoms with Crippen molar-refractivity contribution < 1.29 is 9.32 Å². The molecule has 4 aromatic rings. The molecule has 7 heteroatoms. The molecule has 2 aromatic heterocycles. The fraction of sp³-hybridized carbons (Fsp3) is 0.136. The minimum absolute atomic E-state index is 0.190. The summed E-state index contributed by atoms with van der Waals surface area (Å²) in [4.78, 5) is 21.1. The van der Waals surface area contributed by atoms with Gasteiger partial charge in [0.05, 0.1) is 5.69 Å². The molecule has 146 valence electrons. The summed E-state index contributed by atoms with van der Waals surface area (Å²) in [6, 6.07) is 21.3. The summed E-state index contributed by atoms with van der Waals surface area (Å²) >= 11 is 1.37. The summed E-state index contributed by atoms with van der Waals surface area (Å²) in [5, 5.41) is 6.87. The third kappa shape index (κ3) is 4.41. The first-order chi connectivity index (χ1) is 14.1. The molecule has 1 amide bonds. The van der Waals surface area contributed by atoms with Crippen molar-refractivity contribution in [2.45, 2.75) is 24.3 Å². The van der Waals surface area contributed by atoms with Crippen molar-refractivity contribution in [1.82, 2.24) is 15.1 Å². The molecule has 0 radical (unpaired) electrons. The molecule has 0 aliphatic carbocycles. The number of rotatable bonds is 6. The van der Waals surface area contributed by atoms with Crippen molar-refractivity contribution >= 4 is 23.5 Å². The number of nitrogens with one attached hydrogen (secondary N) is 2. The van der Waals surface area contributed by atoms with Crippen molar-refractivity contribution in [1.29, 1.82) is 0 Å².